The van der Waals surface area contributed by atoms with E-state index in [1.807, 2.05) is 0 Å². The molecule has 0 aromatic heterocycles. The van der Waals surface area contributed by atoms with Crippen molar-refractivity contribution in [3.05, 3.63) is 0 Å². The monoisotopic (exact) mass is 274 g/mol. The summed E-state index contributed by atoms with van der Waals surface area (Å²) in [7, 11) is -2.86. The quantitative estimate of drug-likeness (QED) is 0.750. The molecule has 1 heterocycles. The molecule has 0 spiro atoms. The topological polar surface area (TPSA) is 89.3 Å². The second-order valence-corrected chi connectivity index (χ2v) is 8.21. The third-order valence-electron chi connectivity index (χ3n) is 4.23. The Morgan fingerprint density at radius 1 is 1.44 bits per heavy atom. The Bertz CT molecular complexity index is 427. The van der Waals surface area contributed by atoms with Crippen LogP contribution in [0, 0.1) is 17.3 Å². The maximum Gasteiger partial charge on any atom is 0.227 e. The highest BCUT2D eigenvalue weighted by Crippen LogP contribution is 2.44. The first-order valence-electron chi connectivity index (χ1n) is 6.56. The molecule has 1 unspecified atom stereocenters. The van der Waals surface area contributed by atoms with Crippen LogP contribution in [0.25, 0.3) is 0 Å². The molecule has 1 saturated heterocycles. The Morgan fingerprint density at radius 3 is 2.56 bits per heavy atom. The number of sulfone groups is 1. The Morgan fingerprint density at radius 2 is 2.11 bits per heavy atom. The summed E-state index contributed by atoms with van der Waals surface area (Å²) >= 11 is 0. The third kappa shape index (κ3) is 2.69. The van der Waals surface area contributed by atoms with E-state index in [1.165, 1.54) is 0 Å². The van der Waals surface area contributed by atoms with Gasteiger partial charge >= 0.3 is 0 Å². The van der Waals surface area contributed by atoms with E-state index in [0.29, 0.717) is 25.4 Å². The lowest BCUT2D eigenvalue weighted by atomic mass is 9.62. The molecule has 3 N–H and O–H groups in total. The fourth-order valence-electron chi connectivity index (χ4n) is 3.18. The van der Waals surface area contributed by atoms with Crippen LogP contribution in [-0.4, -0.2) is 38.9 Å². The van der Waals surface area contributed by atoms with Gasteiger partial charge in [-0.25, -0.2) is 8.42 Å². The van der Waals surface area contributed by atoms with Crippen LogP contribution in [0.1, 0.15) is 26.2 Å². The van der Waals surface area contributed by atoms with Crippen molar-refractivity contribution in [1.82, 2.24) is 5.32 Å². The summed E-state index contributed by atoms with van der Waals surface area (Å²) in [4.78, 5) is 12.1. The zero-order valence-electron chi connectivity index (χ0n) is 10.8. The first kappa shape index (κ1) is 13.8. The summed E-state index contributed by atoms with van der Waals surface area (Å²) in [5.74, 6) is 1.11. The van der Waals surface area contributed by atoms with Gasteiger partial charge in [-0.2, -0.15) is 0 Å². The van der Waals surface area contributed by atoms with Crippen molar-refractivity contribution < 1.29 is 13.2 Å². The minimum atomic E-state index is -2.86. The van der Waals surface area contributed by atoms with E-state index in [2.05, 4.69) is 12.2 Å². The average Bonchev–Trinajstić information content (AvgIpc) is 2.61. The van der Waals surface area contributed by atoms with Gasteiger partial charge in [0.05, 0.1) is 16.9 Å². The van der Waals surface area contributed by atoms with E-state index in [9.17, 15) is 13.2 Å². The van der Waals surface area contributed by atoms with Gasteiger partial charge in [0, 0.05) is 13.1 Å². The smallest absolute Gasteiger partial charge is 0.227 e. The maximum absolute atomic E-state index is 12.1. The highest BCUT2D eigenvalue weighted by molar-refractivity contribution is 7.91. The van der Waals surface area contributed by atoms with E-state index in [1.54, 1.807) is 0 Å². The van der Waals surface area contributed by atoms with E-state index < -0.39 is 15.3 Å². The zero-order valence-corrected chi connectivity index (χ0v) is 11.6. The van der Waals surface area contributed by atoms with Gasteiger partial charge in [-0.1, -0.05) is 6.92 Å². The molecule has 1 amide bonds. The molecular formula is C12H22N2O3S. The van der Waals surface area contributed by atoms with E-state index in [4.69, 9.17) is 5.73 Å². The predicted molar refractivity (Wildman–Crippen MR) is 69.7 cm³/mol. The van der Waals surface area contributed by atoms with Crippen LogP contribution < -0.4 is 11.1 Å². The summed E-state index contributed by atoms with van der Waals surface area (Å²) in [6.07, 6.45) is 2.35. The first-order valence-corrected chi connectivity index (χ1v) is 8.38. The SMILES string of the molecule is CC1CC(CN)(C(=O)NCC2CCS(=O)(=O)C2)C1. The lowest BCUT2D eigenvalue weighted by Gasteiger charge is -2.44. The maximum atomic E-state index is 12.1. The Hall–Kier alpha value is -0.620. The molecule has 1 aliphatic carbocycles. The minimum absolute atomic E-state index is 0.00685. The number of carbonyl (C=O) groups is 1. The Balaban J connectivity index is 1.82. The van der Waals surface area contributed by atoms with Gasteiger partial charge < -0.3 is 11.1 Å². The summed E-state index contributed by atoms with van der Waals surface area (Å²) in [5, 5.41) is 2.89. The fraction of sp³-hybridized carbons (Fsp3) is 0.917. The zero-order chi connectivity index (χ0) is 13.4. The second-order valence-electron chi connectivity index (χ2n) is 5.98. The molecule has 1 atom stereocenters. The molecule has 2 fully saturated rings. The first-order chi connectivity index (χ1) is 8.37. The van der Waals surface area contributed by atoms with Crippen LogP contribution in [0.2, 0.25) is 0 Å². The van der Waals surface area contributed by atoms with Crippen LogP contribution >= 0.6 is 0 Å². The molecule has 0 aromatic carbocycles. The van der Waals surface area contributed by atoms with Crippen LogP contribution in [0.5, 0.6) is 0 Å². The van der Waals surface area contributed by atoms with Gasteiger partial charge in [0.2, 0.25) is 5.91 Å². The minimum Gasteiger partial charge on any atom is -0.355 e. The van der Waals surface area contributed by atoms with Gasteiger partial charge in [-0.3, -0.25) is 4.79 Å². The van der Waals surface area contributed by atoms with Gasteiger partial charge in [0.1, 0.15) is 0 Å². The lowest BCUT2D eigenvalue weighted by Crippen LogP contribution is -2.54. The summed E-state index contributed by atoms with van der Waals surface area (Å²) < 4.78 is 22.6. The number of nitrogens with one attached hydrogen (secondary N) is 1. The van der Waals surface area contributed by atoms with Gasteiger partial charge in [0.15, 0.2) is 9.84 Å². The van der Waals surface area contributed by atoms with Crippen molar-refractivity contribution in [2.75, 3.05) is 24.6 Å². The van der Waals surface area contributed by atoms with Crippen molar-refractivity contribution in [2.24, 2.45) is 23.0 Å². The fourth-order valence-corrected chi connectivity index (χ4v) is 5.04. The molecule has 0 aromatic rings. The highest BCUT2D eigenvalue weighted by atomic mass is 32.2. The van der Waals surface area contributed by atoms with E-state index in [0.717, 1.165) is 12.8 Å². The van der Waals surface area contributed by atoms with Crippen molar-refractivity contribution >= 4 is 15.7 Å². The van der Waals surface area contributed by atoms with Crippen LogP contribution in [0.15, 0.2) is 0 Å². The molecule has 6 heteroatoms. The lowest BCUT2D eigenvalue weighted by molar-refractivity contribution is -0.138. The Kier molecular flexibility index (Phi) is 3.69. The normalized spacial score (nSPS) is 38.1. The summed E-state index contributed by atoms with van der Waals surface area (Å²) in [6.45, 7) is 2.96. The van der Waals surface area contributed by atoms with Crippen LogP contribution in [0.3, 0.4) is 0 Å². The number of hydrogen-bond acceptors (Lipinski definition) is 4. The van der Waals surface area contributed by atoms with Gasteiger partial charge in [0.25, 0.3) is 0 Å². The van der Waals surface area contributed by atoms with E-state index in [-0.39, 0.29) is 23.3 Å². The molecule has 2 rings (SSSR count). The number of nitrogens with two attached hydrogens (primary N) is 1. The summed E-state index contributed by atoms with van der Waals surface area (Å²) in [5.41, 5.74) is 5.31. The molecule has 0 bridgehead atoms. The number of rotatable bonds is 4. The highest BCUT2D eigenvalue weighted by Gasteiger charge is 2.47. The molecule has 104 valence electrons. The second kappa shape index (κ2) is 4.81. The molecule has 18 heavy (non-hydrogen) atoms. The van der Waals surface area contributed by atoms with Gasteiger partial charge in [-0.05, 0) is 31.1 Å². The van der Waals surface area contributed by atoms with Crippen molar-refractivity contribution in [3.63, 3.8) is 0 Å². The number of hydrogen-bond donors (Lipinski definition) is 2. The average molecular weight is 274 g/mol. The van der Waals surface area contributed by atoms with Crippen molar-refractivity contribution in [3.8, 4) is 0 Å². The molecule has 0 radical (unpaired) electrons. The summed E-state index contributed by atoms with van der Waals surface area (Å²) in [6, 6.07) is 0. The van der Waals surface area contributed by atoms with Crippen LogP contribution in [-0.2, 0) is 14.6 Å². The Labute approximate surface area is 108 Å². The predicted octanol–water partition coefficient (Wildman–Crippen LogP) is -0.0877. The molecule has 1 aliphatic heterocycles. The largest absolute Gasteiger partial charge is 0.355 e. The standard InChI is InChI=1S/C12H22N2O3S/c1-9-4-12(5-9,8-13)11(15)14-6-10-2-3-18(16,17)7-10/h9-10H,2-8,13H2,1H3,(H,14,15). The molecule has 1 saturated carbocycles. The number of amides is 1. The van der Waals surface area contributed by atoms with Crippen molar-refractivity contribution in [1.29, 1.82) is 0 Å². The van der Waals surface area contributed by atoms with Crippen LogP contribution in [0.4, 0.5) is 0 Å². The van der Waals surface area contributed by atoms with Gasteiger partial charge in [-0.15, -0.1) is 0 Å². The molecule has 5 nitrogen and oxygen atoms in total. The number of carbonyl (C=O) groups excluding carboxylic acids is 1. The third-order valence-corrected chi connectivity index (χ3v) is 6.07. The molecule has 2 aliphatic rings. The molecular weight excluding hydrogens is 252 g/mol. The van der Waals surface area contributed by atoms with Crippen molar-refractivity contribution in [2.45, 2.75) is 26.2 Å². The van der Waals surface area contributed by atoms with E-state index >= 15 is 0 Å².